The number of aryl methyl sites for hydroxylation is 1. The Hall–Kier alpha value is -2.22. The van der Waals surface area contributed by atoms with Crippen LogP contribution in [-0.2, 0) is 21.4 Å². The van der Waals surface area contributed by atoms with Gasteiger partial charge < -0.3 is 5.32 Å². The number of hydrogen-bond donors (Lipinski definition) is 1. The minimum atomic E-state index is -3.54. The van der Waals surface area contributed by atoms with Gasteiger partial charge in [0.05, 0.1) is 11.4 Å². The Morgan fingerprint density at radius 1 is 1.06 bits per heavy atom. The van der Waals surface area contributed by atoms with Gasteiger partial charge in [0.25, 0.3) is 0 Å². The minimum absolute atomic E-state index is 0.139. The maximum atomic E-state index is 13.0. The standard InChI is InChI=1S/C24H33N3O3S/c1-3-14-26(18-21-10-6-4-7-11-21)19-24(28)25-23-17-22(13-12-20(23)2)31(29,30)27-15-8-5-9-16-27/h4,6-7,10-13,17H,3,5,8-9,14-16,18-19H2,1-2H3,(H,25,28). The van der Waals surface area contributed by atoms with Crippen molar-refractivity contribution in [2.45, 2.75) is 51.0 Å². The third-order valence-corrected chi connectivity index (χ3v) is 7.49. The van der Waals surface area contributed by atoms with Crippen molar-refractivity contribution in [3.63, 3.8) is 0 Å². The molecule has 1 N–H and O–H groups in total. The Labute approximate surface area is 186 Å². The van der Waals surface area contributed by atoms with Gasteiger partial charge in [0, 0.05) is 25.3 Å². The summed E-state index contributed by atoms with van der Waals surface area (Å²) in [5.74, 6) is -0.139. The molecule has 1 amide bonds. The first-order valence-electron chi connectivity index (χ1n) is 11.1. The van der Waals surface area contributed by atoms with Gasteiger partial charge in [0.1, 0.15) is 0 Å². The summed E-state index contributed by atoms with van der Waals surface area (Å²) < 4.78 is 27.6. The Morgan fingerprint density at radius 2 is 1.77 bits per heavy atom. The molecular weight excluding hydrogens is 410 g/mol. The van der Waals surface area contributed by atoms with E-state index < -0.39 is 10.0 Å². The maximum Gasteiger partial charge on any atom is 0.243 e. The molecule has 1 aliphatic heterocycles. The monoisotopic (exact) mass is 443 g/mol. The maximum absolute atomic E-state index is 13.0. The van der Waals surface area contributed by atoms with E-state index in [9.17, 15) is 13.2 Å². The quantitative estimate of drug-likeness (QED) is 0.636. The lowest BCUT2D eigenvalue weighted by Crippen LogP contribution is -2.35. The fraction of sp³-hybridized carbons (Fsp3) is 0.458. The predicted molar refractivity (Wildman–Crippen MR) is 124 cm³/mol. The van der Waals surface area contributed by atoms with Crippen molar-refractivity contribution >= 4 is 21.6 Å². The first kappa shape index (κ1) is 23.4. The number of carbonyl (C=O) groups excluding carboxylic acids is 1. The topological polar surface area (TPSA) is 69.7 Å². The second-order valence-corrected chi connectivity index (χ2v) is 10.1. The van der Waals surface area contributed by atoms with Crippen molar-refractivity contribution < 1.29 is 13.2 Å². The van der Waals surface area contributed by atoms with Crippen LogP contribution in [0.25, 0.3) is 0 Å². The average molecular weight is 444 g/mol. The lowest BCUT2D eigenvalue weighted by atomic mass is 10.2. The van der Waals surface area contributed by atoms with Crippen molar-refractivity contribution in [3.05, 3.63) is 59.7 Å². The summed E-state index contributed by atoms with van der Waals surface area (Å²) >= 11 is 0. The molecule has 1 saturated heterocycles. The lowest BCUT2D eigenvalue weighted by molar-refractivity contribution is -0.117. The van der Waals surface area contributed by atoms with Crippen LogP contribution in [-0.4, -0.2) is 49.7 Å². The Kier molecular flexibility index (Phi) is 8.23. The normalized spacial score (nSPS) is 15.2. The molecule has 2 aromatic rings. The van der Waals surface area contributed by atoms with Crippen molar-refractivity contribution in [1.29, 1.82) is 0 Å². The molecule has 0 bridgehead atoms. The molecule has 0 radical (unpaired) electrons. The summed E-state index contributed by atoms with van der Waals surface area (Å²) in [4.78, 5) is 15.1. The number of carbonyl (C=O) groups is 1. The van der Waals surface area contributed by atoms with Crippen LogP contribution in [0.5, 0.6) is 0 Å². The number of sulfonamides is 1. The van der Waals surface area contributed by atoms with Gasteiger partial charge in [-0.3, -0.25) is 9.69 Å². The Bertz CT molecular complexity index is 971. The number of hydrogen-bond acceptors (Lipinski definition) is 4. The molecule has 1 heterocycles. The van der Waals surface area contributed by atoms with E-state index in [1.807, 2.05) is 25.1 Å². The molecule has 0 spiro atoms. The molecular formula is C24H33N3O3S. The van der Waals surface area contributed by atoms with E-state index in [-0.39, 0.29) is 17.3 Å². The second kappa shape index (κ2) is 10.9. The largest absolute Gasteiger partial charge is 0.325 e. The minimum Gasteiger partial charge on any atom is -0.325 e. The van der Waals surface area contributed by atoms with Crippen LogP contribution in [0, 0.1) is 6.92 Å². The molecule has 0 aliphatic carbocycles. The predicted octanol–water partition coefficient (Wildman–Crippen LogP) is 4.02. The van der Waals surface area contributed by atoms with Gasteiger partial charge in [0.2, 0.25) is 15.9 Å². The molecule has 3 rings (SSSR count). The number of nitrogens with one attached hydrogen (secondary N) is 1. The first-order chi connectivity index (χ1) is 14.9. The smallest absolute Gasteiger partial charge is 0.243 e. The van der Waals surface area contributed by atoms with E-state index >= 15 is 0 Å². The highest BCUT2D eigenvalue weighted by Crippen LogP contribution is 2.25. The van der Waals surface area contributed by atoms with E-state index in [4.69, 9.17) is 0 Å². The number of benzene rings is 2. The highest BCUT2D eigenvalue weighted by Gasteiger charge is 2.26. The van der Waals surface area contributed by atoms with E-state index in [0.29, 0.717) is 25.3 Å². The van der Waals surface area contributed by atoms with Crippen molar-refractivity contribution in [2.75, 3.05) is 31.5 Å². The molecule has 168 valence electrons. The van der Waals surface area contributed by atoms with Gasteiger partial charge in [0.15, 0.2) is 0 Å². The van der Waals surface area contributed by atoms with Crippen molar-refractivity contribution in [3.8, 4) is 0 Å². The molecule has 7 heteroatoms. The average Bonchev–Trinajstić information content (AvgIpc) is 2.76. The summed E-state index contributed by atoms with van der Waals surface area (Å²) in [7, 11) is -3.54. The second-order valence-electron chi connectivity index (χ2n) is 8.19. The van der Waals surface area contributed by atoms with Gasteiger partial charge in [-0.25, -0.2) is 8.42 Å². The summed E-state index contributed by atoms with van der Waals surface area (Å²) in [6, 6.07) is 15.1. The van der Waals surface area contributed by atoms with Crippen LogP contribution in [0.2, 0.25) is 0 Å². The van der Waals surface area contributed by atoms with E-state index in [2.05, 4.69) is 29.3 Å². The van der Waals surface area contributed by atoms with Crippen LogP contribution in [0.3, 0.4) is 0 Å². The highest BCUT2D eigenvalue weighted by molar-refractivity contribution is 7.89. The lowest BCUT2D eigenvalue weighted by Gasteiger charge is -2.26. The zero-order valence-corrected chi connectivity index (χ0v) is 19.3. The third-order valence-electron chi connectivity index (χ3n) is 5.59. The molecule has 1 fully saturated rings. The molecule has 0 saturated carbocycles. The molecule has 0 aromatic heterocycles. The number of anilines is 1. The van der Waals surface area contributed by atoms with Crippen LogP contribution in [0.1, 0.15) is 43.7 Å². The molecule has 1 aliphatic rings. The van der Waals surface area contributed by atoms with Crippen LogP contribution in [0.4, 0.5) is 5.69 Å². The zero-order chi connectivity index (χ0) is 22.3. The summed E-state index contributed by atoms with van der Waals surface area (Å²) in [6.07, 6.45) is 3.80. The van der Waals surface area contributed by atoms with Gasteiger partial charge in [-0.2, -0.15) is 4.31 Å². The first-order valence-corrected chi connectivity index (χ1v) is 12.5. The Morgan fingerprint density at radius 3 is 2.45 bits per heavy atom. The van der Waals surface area contributed by atoms with E-state index in [1.165, 1.54) is 0 Å². The zero-order valence-electron chi connectivity index (χ0n) is 18.5. The van der Waals surface area contributed by atoms with Gasteiger partial charge >= 0.3 is 0 Å². The van der Waals surface area contributed by atoms with Gasteiger partial charge in [-0.1, -0.05) is 49.7 Å². The fourth-order valence-electron chi connectivity index (χ4n) is 3.92. The molecule has 31 heavy (non-hydrogen) atoms. The van der Waals surface area contributed by atoms with Crippen LogP contribution < -0.4 is 5.32 Å². The van der Waals surface area contributed by atoms with Crippen molar-refractivity contribution in [1.82, 2.24) is 9.21 Å². The van der Waals surface area contributed by atoms with E-state index in [1.54, 1.807) is 22.5 Å². The molecule has 2 aromatic carbocycles. The SMILES string of the molecule is CCCN(CC(=O)Nc1cc(S(=O)(=O)N2CCCCC2)ccc1C)Cc1ccccc1. The number of amides is 1. The molecule has 6 nitrogen and oxygen atoms in total. The Balaban J connectivity index is 1.70. The third kappa shape index (κ3) is 6.38. The van der Waals surface area contributed by atoms with Gasteiger partial charge in [-0.15, -0.1) is 0 Å². The van der Waals surface area contributed by atoms with Crippen LogP contribution in [0.15, 0.2) is 53.4 Å². The summed E-state index contributed by atoms with van der Waals surface area (Å²) in [6.45, 7) is 6.85. The van der Waals surface area contributed by atoms with Crippen molar-refractivity contribution in [2.24, 2.45) is 0 Å². The van der Waals surface area contributed by atoms with E-state index in [0.717, 1.165) is 43.4 Å². The van der Waals surface area contributed by atoms with Crippen LogP contribution >= 0.6 is 0 Å². The number of piperidine rings is 1. The molecule has 0 unspecified atom stereocenters. The van der Waals surface area contributed by atoms with Gasteiger partial charge in [-0.05, 0) is 56.0 Å². The molecule has 0 atom stereocenters. The number of rotatable bonds is 9. The fourth-order valence-corrected chi connectivity index (χ4v) is 5.46. The number of nitrogens with zero attached hydrogens (tertiary/aromatic N) is 2. The summed E-state index contributed by atoms with van der Waals surface area (Å²) in [5.41, 5.74) is 2.56. The summed E-state index contributed by atoms with van der Waals surface area (Å²) in [5, 5.41) is 2.94. The highest BCUT2D eigenvalue weighted by atomic mass is 32.2.